The van der Waals surface area contributed by atoms with Crippen molar-refractivity contribution in [3.8, 4) is 5.75 Å². The van der Waals surface area contributed by atoms with Gasteiger partial charge < -0.3 is 30.3 Å². The summed E-state index contributed by atoms with van der Waals surface area (Å²) in [6, 6.07) is 3.17. The van der Waals surface area contributed by atoms with Gasteiger partial charge in [0.1, 0.15) is 18.4 Å². The Morgan fingerprint density at radius 1 is 1.34 bits per heavy atom. The highest BCUT2D eigenvalue weighted by molar-refractivity contribution is 7.80. The Morgan fingerprint density at radius 3 is 2.62 bits per heavy atom. The Bertz CT molecular complexity index is 1110. The molecule has 3 aliphatic rings. The lowest BCUT2D eigenvalue weighted by Gasteiger charge is -2.45. The third kappa shape index (κ3) is 3.37. The number of carbonyl (C=O) groups is 1. The number of hydrogen-bond donors (Lipinski definition) is 7. The second kappa shape index (κ2) is 7.17. The first-order chi connectivity index (χ1) is 14.8. The van der Waals surface area contributed by atoms with E-state index >= 15 is 0 Å². The lowest BCUT2D eigenvalue weighted by Crippen LogP contribution is -2.90. The number of guanidine groups is 2. The minimum Gasteiger partial charge on any atom is -0.726 e. The Labute approximate surface area is 180 Å². The molecule has 0 unspecified atom stereocenters. The number of phenols is 1. The van der Waals surface area contributed by atoms with Gasteiger partial charge in [0.05, 0.1) is 12.1 Å². The Kier molecular flexibility index (Phi) is 4.94. The number of nitrogens with zero attached hydrogens (tertiary/aromatic N) is 2. The fraction of sp³-hybridized carbons (Fsp3) is 0.438. The normalized spacial score (nSPS) is 30.6. The number of esters is 1. The van der Waals surface area contributed by atoms with Gasteiger partial charge in [-0.1, -0.05) is 0 Å². The van der Waals surface area contributed by atoms with Gasteiger partial charge in [-0.15, -0.1) is 0 Å². The Balaban J connectivity index is 1.62. The standard InChI is InChI=1S/C16H20N6O9S/c17-13-20-11-9(6-30-12(24)7-1-3-8(23)4-2-7)19-14(18)22-5-10(31-32(27,28)29)16(25,26)15(11,22)21-13/h1-4,9-11,23,25-26H,5-6H2,(H2,18,19)(H3,17,20,21)(H,27,28,29)/t9-,10-,11-,15-/m0/s1. The third-order valence-corrected chi connectivity index (χ3v) is 6.02. The second-order valence-electron chi connectivity index (χ2n) is 7.46. The van der Waals surface area contributed by atoms with Crippen LogP contribution in [0.25, 0.3) is 0 Å². The van der Waals surface area contributed by atoms with E-state index in [0.29, 0.717) is 0 Å². The fourth-order valence-electron chi connectivity index (χ4n) is 4.21. The molecule has 16 heteroatoms. The number of rotatable bonds is 5. The van der Waals surface area contributed by atoms with Crippen LogP contribution in [0, 0.1) is 0 Å². The molecule has 9 N–H and O–H groups in total. The molecular formula is C16H20N6O9S. The molecule has 1 spiro atoms. The van der Waals surface area contributed by atoms with Crippen LogP contribution in [-0.2, 0) is 19.3 Å². The Hall–Kier alpha value is -3.18. The van der Waals surface area contributed by atoms with Crippen LogP contribution in [0.5, 0.6) is 5.75 Å². The van der Waals surface area contributed by atoms with E-state index in [-0.39, 0.29) is 29.8 Å². The third-order valence-electron chi connectivity index (χ3n) is 5.55. The summed E-state index contributed by atoms with van der Waals surface area (Å²) in [6.45, 7) is -0.910. The molecule has 0 amide bonds. The van der Waals surface area contributed by atoms with Crippen LogP contribution in [0.3, 0.4) is 0 Å². The number of nitrogens with two attached hydrogens (primary N) is 2. The van der Waals surface area contributed by atoms with Crippen molar-refractivity contribution in [3.05, 3.63) is 29.8 Å². The number of hydrogen-bond acceptors (Lipinski definition) is 14. The predicted molar refractivity (Wildman–Crippen MR) is 102 cm³/mol. The van der Waals surface area contributed by atoms with E-state index in [0.717, 1.165) is 4.90 Å². The summed E-state index contributed by atoms with van der Waals surface area (Å²) in [5, 5.41) is 33.7. The molecule has 15 nitrogen and oxygen atoms in total. The van der Waals surface area contributed by atoms with E-state index in [1.807, 2.05) is 0 Å². The first-order valence-corrected chi connectivity index (χ1v) is 10.5. The van der Waals surface area contributed by atoms with Gasteiger partial charge in [-0.3, -0.25) is 19.8 Å². The molecule has 1 aromatic rings. The molecule has 32 heavy (non-hydrogen) atoms. The number of ether oxygens (including phenoxy) is 1. The molecule has 1 fully saturated rings. The van der Waals surface area contributed by atoms with Crippen molar-refractivity contribution < 1.29 is 47.0 Å². The number of aliphatic hydroxyl groups is 2. The molecule has 0 aromatic heterocycles. The largest absolute Gasteiger partial charge is 0.726 e. The topological polar surface area (TPSA) is 247 Å². The summed E-state index contributed by atoms with van der Waals surface area (Å²) in [5.74, 6) is -4.18. The first kappa shape index (κ1) is 22.0. The van der Waals surface area contributed by atoms with Crippen LogP contribution < -0.4 is 21.8 Å². The van der Waals surface area contributed by atoms with Gasteiger partial charge in [0, 0.05) is 0 Å². The van der Waals surface area contributed by atoms with Gasteiger partial charge in [-0.2, -0.15) is 0 Å². The van der Waals surface area contributed by atoms with E-state index in [4.69, 9.17) is 16.2 Å². The molecule has 4 rings (SSSR count). The van der Waals surface area contributed by atoms with E-state index in [1.165, 1.54) is 24.3 Å². The van der Waals surface area contributed by atoms with E-state index in [1.54, 1.807) is 0 Å². The zero-order valence-corrected chi connectivity index (χ0v) is 17.0. The van der Waals surface area contributed by atoms with Crippen LogP contribution >= 0.6 is 0 Å². The highest BCUT2D eigenvalue weighted by atomic mass is 32.3. The maximum atomic E-state index is 12.3. The van der Waals surface area contributed by atoms with Crippen molar-refractivity contribution in [2.75, 3.05) is 13.2 Å². The number of aliphatic imine (C=N–C) groups is 1. The predicted octanol–water partition coefficient (Wildman–Crippen LogP) is -5.85. The summed E-state index contributed by atoms with van der Waals surface area (Å²) < 4.78 is 42.9. The Morgan fingerprint density at radius 2 is 2.00 bits per heavy atom. The van der Waals surface area contributed by atoms with Crippen molar-refractivity contribution in [2.45, 2.75) is 29.6 Å². The molecule has 174 valence electrons. The summed E-state index contributed by atoms with van der Waals surface area (Å²) in [5.41, 5.74) is 9.93. The van der Waals surface area contributed by atoms with Crippen LogP contribution in [-0.4, -0.2) is 93.9 Å². The molecule has 1 saturated heterocycles. The molecular weight excluding hydrogens is 452 g/mol. The highest BCUT2D eigenvalue weighted by Gasteiger charge is 2.77. The maximum Gasteiger partial charge on any atom is 0.343 e. The molecule has 0 saturated carbocycles. The van der Waals surface area contributed by atoms with Crippen molar-refractivity contribution >= 4 is 28.3 Å². The zero-order chi connectivity index (χ0) is 23.5. The van der Waals surface area contributed by atoms with E-state index in [2.05, 4.69) is 19.5 Å². The van der Waals surface area contributed by atoms with E-state index < -0.39 is 52.6 Å². The first-order valence-electron chi connectivity index (χ1n) is 9.18. The van der Waals surface area contributed by atoms with Crippen LogP contribution in [0.1, 0.15) is 10.4 Å². The van der Waals surface area contributed by atoms with Gasteiger partial charge in [-0.05, 0) is 24.3 Å². The minimum atomic E-state index is -5.30. The maximum absolute atomic E-state index is 12.3. The molecule has 4 atom stereocenters. The monoisotopic (exact) mass is 472 g/mol. The minimum absolute atomic E-state index is 0.0409. The van der Waals surface area contributed by atoms with Gasteiger partial charge in [0.15, 0.2) is 18.1 Å². The average molecular weight is 472 g/mol. The van der Waals surface area contributed by atoms with Gasteiger partial charge >= 0.3 is 11.9 Å². The van der Waals surface area contributed by atoms with E-state index in [9.17, 15) is 33.1 Å². The van der Waals surface area contributed by atoms with Gasteiger partial charge in [0.25, 0.3) is 11.4 Å². The van der Waals surface area contributed by atoms with Crippen LogP contribution in [0.2, 0.25) is 0 Å². The highest BCUT2D eigenvalue weighted by Crippen LogP contribution is 2.42. The van der Waals surface area contributed by atoms with Crippen LogP contribution in [0.4, 0.5) is 0 Å². The number of carbonyl (C=O) groups excluding carboxylic acids is 1. The van der Waals surface area contributed by atoms with Crippen molar-refractivity contribution in [2.24, 2.45) is 16.5 Å². The summed E-state index contributed by atoms with van der Waals surface area (Å²) >= 11 is 0. The number of phenolic OH excluding ortho intramolecular Hbond substituents is 1. The molecule has 3 heterocycles. The van der Waals surface area contributed by atoms with Gasteiger partial charge in [0.2, 0.25) is 10.4 Å². The molecule has 3 aliphatic heterocycles. The molecule has 0 bridgehead atoms. The van der Waals surface area contributed by atoms with Crippen molar-refractivity contribution in [3.63, 3.8) is 0 Å². The average Bonchev–Trinajstić information content (AvgIpc) is 3.15. The van der Waals surface area contributed by atoms with Gasteiger partial charge in [-0.25, -0.2) is 23.5 Å². The summed E-state index contributed by atoms with van der Waals surface area (Å²) in [6.07, 6.45) is -1.93. The lowest BCUT2D eigenvalue weighted by molar-refractivity contribution is -0.522. The molecule has 0 aliphatic carbocycles. The smallest absolute Gasteiger partial charge is 0.343 e. The fourth-order valence-corrected chi connectivity index (χ4v) is 4.69. The number of benzene rings is 1. The lowest BCUT2D eigenvalue weighted by atomic mass is 9.86. The summed E-state index contributed by atoms with van der Waals surface area (Å²) in [4.78, 5) is 20.4. The number of aromatic hydroxyl groups is 1. The molecule has 0 radical (unpaired) electrons. The van der Waals surface area contributed by atoms with Crippen molar-refractivity contribution in [1.29, 1.82) is 0 Å². The number of nitrogens with one attached hydrogen (secondary N) is 2. The summed E-state index contributed by atoms with van der Waals surface area (Å²) in [7, 11) is -5.30. The molecule has 1 aromatic carbocycles. The second-order valence-corrected chi connectivity index (χ2v) is 8.47. The zero-order valence-electron chi connectivity index (χ0n) is 16.2. The quantitative estimate of drug-likeness (QED) is 0.0914. The SMILES string of the molecule is NC1=N[C@@H](COC(=O)c2ccc(O)cc2)[C@@H]2[NH+]=C(N)N[C@]23N1C[C@H](OS(=O)(=O)[O-])C3(O)O. The van der Waals surface area contributed by atoms with Crippen LogP contribution in [0.15, 0.2) is 29.3 Å². The van der Waals surface area contributed by atoms with Crippen molar-refractivity contribution in [1.82, 2.24) is 10.2 Å².